The Balaban J connectivity index is 1.69. The number of nitrogens with zero attached hydrogens (tertiary/aromatic N) is 2. The Morgan fingerprint density at radius 1 is 1.21 bits per heavy atom. The summed E-state index contributed by atoms with van der Waals surface area (Å²) in [7, 11) is 1.57. The van der Waals surface area contributed by atoms with Crippen LogP contribution in [0.1, 0.15) is 23.0 Å². The number of nitrogens with one attached hydrogen (secondary N) is 1. The number of benzene rings is 2. The zero-order valence-electron chi connectivity index (χ0n) is 20.9. The maximum Gasteiger partial charge on any atom is 0.355 e. The average molecular weight is 546 g/mol. The Morgan fingerprint density at radius 3 is 2.82 bits per heavy atom. The molecule has 0 fully saturated rings. The van der Waals surface area contributed by atoms with Gasteiger partial charge in [-0.15, -0.1) is 0 Å². The minimum atomic E-state index is -0.679. The molecule has 0 radical (unpaired) electrons. The third-order valence-electron chi connectivity index (χ3n) is 6.65. The standard InChI is InChI=1S/C29H21ClFN3O5/c1-3-38-29(36)25-23(19-5-4-9-32-28(19)35)24-22(13-20(31)18-8-10-39-26(18)24)34(25)14-16-11-15-6-7-17(37-2)12-21(15)33-27(16)30/h4-13H,3,14H2,1-2H3,(H,32,35). The Hall–Kier alpha value is -4.63. The van der Waals surface area contributed by atoms with Crippen molar-refractivity contribution in [2.24, 2.45) is 0 Å². The van der Waals surface area contributed by atoms with Crippen molar-refractivity contribution in [3.05, 3.63) is 93.6 Å². The summed E-state index contributed by atoms with van der Waals surface area (Å²) in [6, 6.07) is 13.3. The number of hydrogen-bond acceptors (Lipinski definition) is 6. The van der Waals surface area contributed by atoms with Crippen molar-refractivity contribution >= 4 is 50.3 Å². The molecule has 0 atom stereocenters. The van der Waals surface area contributed by atoms with Gasteiger partial charge in [0, 0.05) is 28.8 Å². The first-order valence-corrected chi connectivity index (χ1v) is 12.5. The van der Waals surface area contributed by atoms with Crippen molar-refractivity contribution in [2.45, 2.75) is 13.5 Å². The van der Waals surface area contributed by atoms with Crippen molar-refractivity contribution in [3.8, 4) is 16.9 Å². The van der Waals surface area contributed by atoms with E-state index in [1.807, 2.05) is 12.1 Å². The highest BCUT2D eigenvalue weighted by Crippen LogP contribution is 2.41. The molecule has 4 aromatic heterocycles. The van der Waals surface area contributed by atoms with Gasteiger partial charge in [0.25, 0.3) is 5.56 Å². The molecule has 0 bridgehead atoms. The van der Waals surface area contributed by atoms with Gasteiger partial charge < -0.3 is 23.4 Å². The quantitative estimate of drug-likeness (QED) is 0.194. The Bertz CT molecular complexity index is 1970. The summed E-state index contributed by atoms with van der Waals surface area (Å²) in [6.45, 7) is 1.81. The van der Waals surface area contributed by atoms with Crippen LogP contribution >= 0.6 is 11.6 Å². The lowest BCUT2D eigenvalue weighted by atomic mass is 10.0. The van der Waals surface area contributed by atoms with E-state index >= 15 is 4.39 Å². The Kier molecular flexibility index (Phi) is 6.07. The van der Waals surface area contributed by atoms with Gasteiger partial charge >= 0.3 is 5.97 Å². The van der Waals surface area contributed by atoms with E-state index in [4.69, 9.17) is 25.5 Å². The Morgan fingerprint density at radius 2 is 2.05 bits per heavy atom. The lowest BCUT2D eigenvalue weighted by Crippen LogP contribution is -2.16. The van der Waals surface area contributed by atoms with Gasteiger partial charge in [-0.2, -0.15) is 0 Å². The zero-order chi connectivity index (χ0) is 27.3. The molecular formula is C29H21ClFN3O5. The molecule has 0 saturated heterocycles. The van der Waals surface area contributed by atoms with Gasteiger partial charge in [-0.1, -0.05) is 11.6 Å². The number of carbonyl (C=O) groups is 1. The molecule has 39 heavy (non-hydrogen) atoms. The summed E-state index contributed by atoms with van der Waals surface area (Å²) in [5.41, 5.74) is 1.88. The Labute approximate surface area is 225 Å². The first-order valence-electron chi connectivity index (χ1n) is 12.1. The summed E-state index contributed by atoms with van der Waals surface area (Å²) in [4.78, 5) is 33.7. The highest BCUT2D eigenvalue weighted by Gasteiger charge is 2.30. The van der Waals surface area contributed by atoms with Gasteiger partial charge in [-0.3, -0.25) is 4.79 Å². The molecule has 0 aliphatic carbocycles. The smallest absolute Gasteiger partial charge is 0.355 e. The van der Waals surface area contributed by atoms with Crippen LogP contribution in [-0.4, -0.2) is 34.2 Å². The molecule has 0 unspecified atom stereocenters. The maximum atomic E-state index is 15.3. The molecule has 0 aliphatic rings. The van der Waals surface area contributed by atoms with Gasteiger partial charge in [0.05, 0.1) is 53.9 Å². The minimum absolute atomic E-state index is 0.0366. The van der Waals surface area contributed by atoms with Crippen LogP contribution in [0, 0.1) is 5.82 Å². The number of hydrogen-bond donors (Lipinski definition) is 1. The summed E-state index contributed by atoms with van der Waals surface area (Å²) in [5.74, 6) is -0.582. The molecule has 0 saturated carbocycles. The third kappa shape index (κ3) is 4.02. The van der Waals surface area contributed by atoms with Crippen LogP contribution < -0.4 is 10.3 Å². The molecule has 0 amide bonds. The lowest BCUT2D eigenvalue weighted by Gasteiger charge is -2.13. The highest BCUT2D eigenvalue weighted by atomic mass is 35.5. The predicted molar refractivity (Wildman–Crippen MR) is 146 cm³/mol. The van der Waals surface area contributed by atoms with Crippen molar-refractivity contribution in [3.63, 3.8) is 0 Å². The number of ether oxygens (including phenoxy) is 2. The number of H-pyrrole nitrogens is 1. The second kappa shape index (κ2) is 9.59. The highest BCUT2D eigenvalue weighted by molar-refractivity contribution is 6.30. The fourth-order valence-electron chi connectivity index (χ4n) is 4.94. The zero-order valence-corrected chi connectivity index (χ0v) is 21.6. The van der Waals surface area contributed by atoms with Gasteiger partial charge in [-0.05, 0) is 49.4 Å². The van der Waals surface area contributed by atoms with E-state index in [0.29, 0.717) is 27.7 Å². The summed E-state index contributed by atoms with van der Waals surface area (Å²) in [6.07, 6.45) is 2.86. The summed E-state index contributed by atoms with van der Waals surface area (Å²) < 4.78 is 33.3. The van der Waals surface area contributed by atoms with Crippen molar-refractivity contribution < 1.29 is 23.1 Å². The van der Waals surface area contributed by atoms with Gasteiger partial charge in [0.1, 0.15) is 28.0 Å². The third-order valence-corrected chi connectivity index (χ3v) is 6.98. The molecule has 0 aliphatic heterocycles. The molecular weight excluding hydrogens is 525 g/mol. The van der Waals surface area contributed by atoms with Gasteiger partial charge in [-0.25, -0.2) is 14.2 Å². The number of aromatic amines is 1. The van der Waals surface area contributed by atoms with Crippen LogP contribution in [0.5, 0.6) is 5.75 Å². The van der Waals surface area contributed by atoms with Crippen molar-refractivity contribution in [1.29, 1.82) is 0 Å². The summed E-state index contributed by atoms with van der Waals surface area (Å²) >= 11 is 6.62. The number of rotatable bonds is 6. The fourth-order valence-corrected chi connectivity index (χ4v) is 5.14. The molecule has 196 valence electrons. The van der Waals surface area contributed by atoms with Crippen LogP contribution in [0.4, 0.5) is 4.39 Å². The SMILES string of the molecule is CCOC(=O)c1c(-c2ccc[nH]c2=O)c2c3occc3c(F)cc2n1Cc1cc2ccc(OC)cc2nc1Cl. The number of fused-ring (bicyclic) bond motifs is 4. The fraction of sp³-hybridized carbons (Fsp3) is 0.138. The van der Waals surface area contributed by atoms with Gasteiger partial charge in [0.15, 0.2) is 0 Å². The molecule has 1 N–H and O–H groups in total. The number of carbonyl (C=O) groups excluding carboxylic acids is 1. The number of aromatic nitrogens is 3. The van der Waals surface area contributed by atoms with Crippen LogP contribution in [0.2, 0.25) is 5.15 Å². The number of halogens is 2. The first-order chi connectivity index (χ1) is 18.9. The van der Waals surface area contributed by atoms with E-state index < -0.39 is 17.3 Å². The topological polar surface area (TPSA) is 99.4 Å². The number of pyridine rings is 2. The second-order valence-corrected chi connectivity index (χ2v) is 9.21. The van der Waals surface area contributed by atoms with E-state index in [-0.39, 0.29) is 46.1 Å². The predicted octanol–water partition coefficient (Wildman–Crippen LogP) is 6.32. The molecule has 8 nitrogen and oxygen atoms in total. The largest absolute Gasteiger partial charge is 0.497 e. The average Bonchev–Trinajstić information content (AvgIpc) is 3.53. The molecule has 6 aromatic rings. The lowest BCUT2D eigenvalue weighted by molar-refractivity contribution is 0.0516. The van der Waals surface area contributed by atoms with Crippen molar-refractivity contribution in [1.82, 2.24) is 14.5 Å². The number of esters is 1. The van der Waals surface area contributed by atoms with Gasteiger partial charge in [0.2, 0.25) is 0 Å². The molecule has 10 heteroatoms. The van der Waals surface area contributed by atoms with Crippen LogP contribution in [0.3, 0.4) is 0 Å². The van der Waals surface area contributed by atoms with Crippen molar-refractivity contribution in [2.75, 3.05) is 13.7 Å². The second-order valence-electron chi connectivity index (χ2n) is 8.86. The molecule has 6 rings (SSSR count). The minimum Gasteiger partial charge on any atom is -0.497 e. The number of methoxy groups -OCH3 is 1. The van der Waals surface area contributed by atoms with Crippen LogP contribution in [0.25, 0.3) is 43.9 Å². The van der Waals surface area contributed by atoms with E-state index in [0.717, 1.165) is 5.39 Å². The first kappa shape index (κ1) is 24.7. The normalized spacial score (nSPS) is 11.5. The summed E-state index contributed by atoms with van der Waals surface area (Å²) in [5, 5.41) is 1.63. The van der Waals surface area contributed by atoms with E-state index in [9.17, 15) is 9.59 Å². The van der Waals surface area contributed by atoms with E-state index in [2.05, 4.69) is 9.97 Å². The van der Waals surface area contributed by atoms with Crippen LogP contribution in [-0.2, 0) is 11.3 Å². The van der Waals surface area contributed by atoms with Crippen LogP contribution in [0.15, 0.2) is 70.2 Å². The van der Waals surface area contributed by atoms with E-state index in [1.165, 1.54) is 24.6 Å². The molecule has 0 spiro atoms. The van der Waals surface area contributed by atoms with E-state index in [1.54, 1.807) is 42.9 Å². The molecule has 2 aromatic carbocycles. The monoisotopic (exact) mass is 545 g/mol. The maximum absolute atomic E-state index is 15.3. The molecule has 4 heterocycles. The number of furan rings is 1.